The molecule has 138 valence electrons. The average Bonchev–Trinajstić information content (AvgIpc) is 2.60. The molecule has 0 radical (unpaired) electrons. The maximum absolute atomic E-state index is 12.1. The van der Waals surface area contributed by atoms with Crippen molar-refractivity contribution < 1.29 is 19.4 Å². The Morgan fingerprint density at radius 1 is 1.36 bits per heavy atom. The quantitative estimate of drug-likeness (QED) is 0.651. The first kappa shape index (κ1) is 19.4. The zero-order valence-corrected chi connectivity index (χ0v) is 14.9. The summed E-state index contributed by atoms with van der Waals surface area (Å²) in [5.41, 5.74) is 6.22. The van der Waals surface area contributed by atoms with Gasteiger partial charge in [-0.15, -0.1) is 0 Å². The number of aliphatic carboxylic acids is 1. The van der Waals surface area contributed by atoms with Gasteiger partial charge in [0.05, 0.1) is 0 Å². The first-order chi connectivity index (χ1) is 11.8. The molecule has 6 heteroatoms. The van der Waals surface area contributed by atoms with E-state index in [1.54, 1.807) is 0 Å². The van der Waals surface area contributed by atoms with E-state index in [1.165, 1.54) is 0 Å². The third kappa shape index (κ3) is 5.28. The van der Waals surface area contributed by atoms with Crippen LogP contribution in [-0.2, 0) is 20.9 Å². The second kappa shape index (κ2) is 8.45. The summed E-state index contributed by atoms with van der Waals surface area (Å²) in [5, 5.41) is 12.6. The van der Waals surface area contributed by atoms with Crippen LogP contribution in [-0.4, -0.2) is 35.7 Å². The van der Waals surface area contributed by atoms with E-state index in [2.05, 4.69) is 5.32 Å². The first-order valence-electron chi connectivity index (χ1n) is 8.72. The van der Waals surface area contributed by atoms with E-state index >= 15 is 0 Å². The van der Waals surface area contributed by atoms with Gasteiger partial charge < -0.3 is 20.9 Å². The minimum atomic E-state index is -1.00. The highest BCUT2D eigenvalue weighted by Crippen LogP contribution is 2.33. The van der Waals surface area contributed by atoms with Crippen LogP contribution in [0.15, 0.2) is 30.3 Å². The predicted molar refractivity (Wildman–Crippen MR) is 94.8 cm³/mol. The maximum atomic E-state index is 12.1. The van der Waals surface area contributed by atoms with Gasteiger partial charge >= 0.3 is 11.9 Å². The number of carbonyl (C=O) groups excluding carboxylic acids is 1. The number of hydrogen-bond acceptors (Lipinski definition) is 5. The monoisotopic (exact) mass is 348 g/mol. The van der Waals surface area contributed by atoms with Crippen molar-refractivity contribution in [3.05, 3.63) is 35.9 Å². The molecule has 1 aliphatic rings. The molecule has 1 saturated heterocycles. The van der Waals surface area contributed by atoms with Crippen molar-refractivity contribution in [2.24, 2.45) is 17.1 Å². The summed E-state index contributed by atoms with van der Waals surface area (Å²) in [6.45, 7) is 4.75. The van der Waals surface area contributed by atoms with Crippen LogP contribution in [0.4, 0.5) is 0 Å². The smallest absolute Gasteiger partial charge is 0.321 e. The lowest BCUT2D eigenvalue weighted by Gasteiger charge is -2.42. The number of esters is 1. The molecule has 1 aromatic carbocycles. The number of piperidine rings is 1. The summed E-state index contributed by atoms with van der Waals surface area (Å²) in [5.74, 6) is -1.04. The number of carbonyl (C=O) groups is 2. The fourth-order valence-corrected chi connectivity index (χ4v) is 3.32. The zero-order chi connectivity index (χ0) is 18.4. The molecule has 1 aromatic rings. The van der Waals surface area contributed by atoms with Crippen LogP contribution in [0, 0.1) is 11.3 Å². The van der Waals surface area contributed by atoms with Crippen molar-refractivity contribution >= 4 is 11.9 Å². The van der Waals surface area contributed by atoms with E-state index < -0.39 is 17.4 Å². The van der Waals surface area contributed by atoms with Gasteiger partial charge in [-0.1, -0.05) is 44.2 Å². The number of nitrogens with two attached hydrogens (primary N) is 1. The lowest BCUT2D eigenvalue weighted by Crippen LogP contribution is -2.57. The van der Waals surface area contributed by atoms with Gasteiger partial charge in [-0.2, -0.15) is 0 Å². The van der Waals surface area contributed by atoms with Gasteiger partial charge in [-0.05, 0) is 30.9 Å². The number of benzene rings is 1. The lowest BCUT2D eigenvalue weighted by molar-refractivity contribution is -0.147. The molecule has 0 aliphatic carbocycles. The molecule has 1 aliphatic heterocycles. The molecule has 0 spiro atoms. The molecule has 25 heavy (non-hydrogen) atoms. The Morgan fingerprint density at radius 2 is 2.04 bits per heavy atom. The molecule has 6 nitrogen and oxygen atoms in total. The Balaban J connectivity index is 1.86. The third-order valence-electron chi connectivity index (χ3n) is 5.18. The Kier molecular flexibility index (Phi) is 6.56. The van der Waals surface area contributed by atoms with Crippen LogP contribution in [0.25, 0.3) is 0 Å². The predicted octanol–water partition coefficient (Wildman–Crippen LogP) is 1.93. The van der Waals surface area contributed by atoms with Crippen molar-refractivity contribution in [1.82, 2.24) is 5.32 Å². The summed E-state index contributed by atoms with van der Waals surface area (Å²) in [7, 11) is 0. The van der Waals surface area contributed by atoms with Gasteiger partial charge in [0.2, 0.25) is 0 Å². The fourth-order valence-electron chi connectivity index (χ4n) is 3.32. The molecule has 1 heterocycles. The molecule has 4 N–H and O–H groups in total. The Morgan fingerprint density at radius 3 is 2.68 bits per heavy atom. The highest BCUT2D eigenvalue weighted by Gasteiger charge is 2.41. The van der Waals surface area contributed by atoms with Gasteiger partial charge in [-0.3, -0.25) is 9.59 Å². The zero-order valence-electron chi connectivity index (χ0n) is 14.9. The van der Waals surface area contributed by atoms with Crippen molar-refractivity contribution in [3.8, 4) is 0 Å². The number of ether oxygens (including phenoxy) is 1. The lowest BCUT2D eigenvalue weighted by atomic mass is 9.72. The summed E-state index contributed by atoms with van der Waals surface area (Å²) in [4.78, 5) is 23.4. The normalized spacial score (nSPS) is 22.2. The number of hydrogen-bond donors (Lipinski definition) is 3. The topological polar surface area (TPSA) is 102 Å². The Labute approximate surface area is 148 Å². The summed E-state index contributed by atoms with van der Waals surface area (Å²) >= 11 is 0. The van der Waals surface area contributed by atoms with Crippen LogP contribution >= 0.6 is 0 Å². The second-order valence-corrected chi connectivity index (χ2v) is 7.38. The summed E-state index contributed by atoms with van der Waals surface area (Å²) < 4.78 is 5.36. The summed E-state index contributed by atoms with van der Waals surface area (Å²) in [6, 6.07) is 8.59. The van der Waals surface area contributed by atoms with Gasteiger partial charge in [0.15, 0.2) is 0 Å². The van der Waals surface area contributed by atoms with Crippen LogP contribution in [0.2, 0.25) is 0 Å². The molecule has 3 unspecified atom stereocenters. The standard InChI is InChI=1S/C19H28N2O4/c1-19(2,17(20)18(23)24)15-10-14(8-9-21-15)11-16(22)25-12-13-6-4-3-5-7-13/h3-7,14-15,17,21H,8-12,20H2,1-2H3,(H,23,24). The molecular weight excluding hydrogens is 320 g/mol. The fraction of sp³-hybridized carbons (Fsp3) is 0.579. The highest BCUT2D eigenvalue weighted by molar-refractivity contribution is 5.74. The average molecular weight is 348 g/mol. The number of carboxylic acids is 1. The van der Waals surface area contributed by atoms with Crippen molar-refractivity contribution in [3.63, 3.8) is 0 Å². The van der Waals surface area contributed by atoms with E-state index in [4.69, 9.17) is 10.5 Å². The highest BCUT2D eigenvalue weighted by atomic mass is 16.5. The molecule has 2 rings (SSSR count). The molecule has 1 fully saturated rings. The van der Waals surface area contributed by atoms with Gasteiger partial charge in [-0.25, -0.2) is 0 Å². The van der Waals surface area contributed by atoms with E-state index in [9.17, 15) is 14.7 Å². The van der Waals surface area contributed by atoms with Gasteiger partial charge in [0.1, 0.15) is 12.6 Å². The van der Waals surface area contributed by atoms with Crippen molar-refractivity contribution in [2.75, 3.05) is 6.54 Å². The minimum absolute atomic E-state index is 0.0423. The summed E-state index contributed by atoms with van der Waals surface area (Å²) in [6.07, 6.45) is 1.94. The number of nitrogens with one attached hydrogen (secondary N) is 1. The van der Waals surface area contributed by atoms with E-state index in [1.807, 2.05) is 44.2 Å². The molecule has 0 aromatic heterocycles. The van der Waals surface area contributed by atoms with Crippen molar-refractivity contribution in [2.45, 2.75) is 51.8 Å². The van der Waals surface area contributed by atoms with Crippen molar-refractivity contribution in [1.29, 1.82) is 0 Å². The first-order valence-corrected chi connectivity index (χ1v) is 8.72. The van der Waals surface area contributed by atoms with Gasteiger partial charge in [0.25, 0.3) is 0 Å². The molecule has 0 saturated carbocycles. The third-order valence-corrected chi connectivity index (χ3v) is 5.18. The maximum Gasteiger partial charge on any atom is 0.321 e. The van der Waals surface area contributed by atoms with Gasteiger partial charge in [0, 0.05) is 17.9 Å². The molecule has 0 amide bonds. The molecule has 3 atom stereocenters. The SMILES string of the molecule is CC(C)(C1CC(CC(=O)OCc2ccccc2)CCN1)C(N)C(=O)O. The number of carboxylic acid groups (broad SMARTS) is 1. The van der Waals surface area contributed by atoms with E-state index in [0.717, 1.165) is 18.5 Å². The van der Waals surface area contributed by atoms with E-state index in [0.29, 0.717) is 12.8 Å². The van der Waals surface area contributed by atoms with Crippen LogP contribution in [0.3, 0.4) is 0 Å². The molecule has 0 bridgehead atoms. The van der Waals surface area contributed by atoms with Crippen LogP contribution < -0.4 is 11.1 Å². The van der Waals surface area contributed by atoms with E-state index in [-0.39, 0.29) is 24.5 Å². The van der Waals surface area contributed by atoms with Crippen LogP contribution in [0.5, 0.6) is 0 Å². The second-order valence-electron chi connectivity index (χ2n) is 7.38. The largest absolute Gasteiger partial charge is 0.480 e. The van der Waals surface area contributed by atoms with Crippen LogP contribution in [0.1, 0.15) is 38.7 Å². The number of rotatable bonds is 7. The Hall–Kier alpha value is -1.92. The minimum Gasteiger partial charge on any atom is -0.480 e. The molecular formula is C19H28N2O4. The Bertz CT molecular complexity index is 588.